The van der Waals surface area contributed by atoms with Gasteiger partial charge in [0.1, 0.15) is 0 Å². The number of hydrogen-bond donors (Lipinski definition) is 1. The molecule has 0 spiro atoms. The Morgan fingerprint density at radius 1 is 1.32 bits per heavy atom. The fourth-order valence-electron chi connectivity index (χ4n) is 2.15. The highest BCUT2D eigenvalue weighted by Gasteiger charge is 2.07. The van der Waals surface area contributed by atoms with E-state index in [1.54, 1.807) is 0 Å². The van der Waals surface area contributed by atoms with Gasteiger partial charge in [0.25, 0.3) is 0 Å². The molecule has 0 saturated carbocycles. The molecule has 0 atom stereocenters. The summed E-state index contributed by atoms with van der Waals surface area (Å²) in [6, 6.07) is 7.96. The molecule has 2 nitrogen and oxygen atoms in total. The van der Waals surface area contributed by atoms with Crippen molar-refractivity contribution in [2.45, 2.75) is 40.5 Å². The average Bonchev–Trinajstić information content (AvgIpc) is 2.89. The van der Waals surface area contributed by atoms with Gasteiger partial charge in [0, 0.05) is 22.7 Å². The van der Waals surface area contributed by atoms with Gasteiger partial charge in [0.15, 0.2) is 0 Å². The van der Waals surface area contributed by atoms with Crippen molar-refractivity contribution in [1.82, 2.24) is 4.98 Å². The fourth-order valence-corrected chi connectivity index (χ4v) is 2.15. The van der Waals surface area contributed by atoms with Crippen LogP contribution in [0.25, 0.3) is 16.5 Å². The molecule has 0 bridgehead atoms. The molecule has 0 aliphatic carbocycles. The van der Waals surface area contributed by atoms with Crippen LogP contribution in [0.1, 0.15) is 51.7 Å². The van der Waals surface area contributed by atoms with Gasteiger partial charge < -0.3 is 4.98 Å². The number of nitriles is 1. The van der Waals surface area contributed by atoms with E-state index in [1.807, 2.05) is 38.2 Å². The Morgan fingerprint density at radius 3 is 2.63 bits per heavy atom. The Hall–Kier alpha value is -2.01. The number of aromatic nitrogens is 1. The van der Waals surface area contributed by atoms with E-state index in [-0.39, 0.29) is 0 Å². The lowest BCUT2D eigenvalue weighted by Gasteiger charge is -2.02. The average molecular weight is 254 g/mol. The van der Waals surface area contributed by atoms with Crippen molar-refractivity contribution in [3.8, 4) is 6.07 Å². The van der Waals surface area contributed by atoms with Crippen LogP contribution in [-0.4, -0.2) is 4.98 Å². The molecule has 1 heterocycles. The number of fused-ring (bicyclic) bond motifs is 1. The first kappa shape index (κ1) is 15.0. The summed E-state index contributed by atoms with van der Waals surface area (Å²) in [6.07, 6.45) is 6.38. The molecule has 0 aliphatic rings. The molecule has 2 heteroatoms. The maximum Gasteiger partial charge on any atom is 0.0992 e. The first-order chi connectivity index (χ1) is 9.30. The van der Waals surface area contributed by atoms with Gasteiger partial charge in [-0.2, -0.15) is 5.26 Å². The molecule has 0 aliphatic heterocycles. The van der Waals surface area contributed by atoms with E-state index in [0.717, 1.165) is 18.4 Å². The van der Waals surface area contributed by atoms with Crippen LogP contribution < -0.4 is 0 Å². The number of nitrogens with zero attached hydrogens (tertiary/aromatic N) is 1. The summed E-state index contributed by atoms with van der Waals surface area (Å²) in [5.74, 6) is 0. The Morgan fingerprint density at radius 2 is 2.05 bits per heavy atom. The monoisotopic (exact) mass is 254 g/mol. The highest BCUT2D eigenvalue weighted by atomic mass is 14.7. The maximum atomic E-state index is 8.87. The number of H-pyrrole nitrogens is 1. The lowest BCUT2D eigenvalue weighted by molar-refractivity contribution is 1.17. The van der Waals surface area contributed by atoms with E-state index >= 15 is 0 Å². The third kappa shape index (κ3) is 3.26. The summed E-state index contributed by atoms with van der Waals surface area (Å²) in [5, 5.41) is 10.1. The topological polar surface area (TPSA) is 39.6 Å². The molecule has 0 saturated heterocycles. The molecule has 2 aromatic rings. The number of rotatable bonds is 3. The lowest BCUT2D eigenvalue weighted by Crippen LogP contribution is -1.81. The van der Waals surface area contributed by atoms with Gasteiger partial charge in [-0.05, 0) is 30.5 Å². The van der Waals surface area contributed by atoms with Crippen molar-refractivity contribution >= 4 is 16.5 Å². The molecule has 1 aromatic carbocycles. The first-order valence-electron chi connectivity index (χ1n) is 7.00. The maximum absolute atomic E-state index is 8.87. The number of hydrogen-bond acceptors (Lipinski definition) is 1. The molecular weight excluding hydrogens is 232 g/mol. The molecule has 19 heavy (non-hydrogen) atoms. The van der Waals surface area contributed by atoms with Gasteiger partial charge in [0.05, 0.1) is 11.6 Å². The molecule has 100 valence electrons. The quantitative estimate of drug-likeness (QED) is 0.796. The molecular formula is C17H22N2. The molecule has 0 unspecified atom stereocenters. The van der Waals surface area contributed by atoms with Crippen LogP contribution >= 0.6 is 0 Å². The van der Waals surface area contributed by atoms with Crippen LogP contribution in [0.2, 0.25) is 0 Å². The molecule has 0 radical (unpaired) electrons. The Bertz CT molecular complexity index is 597. The van der Waals surface area contributed by atoms with Crippen molar-refractivity contribution in [3.63, 3.8) is 0 Å². The van der Waals surface area contributed by atoms with Crippen molar-refractivity contribution in [3.05, 3.63) is 41.6 Å². The van der Waals surface area contributed by atoms with E-state index in [2.05, 4.69) is 31.0 Å². The number of benzene rings is 1. The van der Waals surface area contributed by atoms with Gasteiger partial charge >= 0.3 is 0 Å². The second-order valence-electron chi connectivity index (χ2n) is 4.07. The summed E-state index contributed by atoms with van der Waals surface area (Å²) in [6.45, 7) is 8.32. The zero-order valence-electron chi connectivity index (χ0n) is 12.2. The van der Waals surface area contributed by atoms with Gasteiger partial charge in [-0.3, -0.25) is 0 Å². The van der Waals surface area contributed by atoms with E-state index < -0.39 is 0 Å². The van der Waals surface area contributed by atoms with Crippen LogP contribution in [0.3, 0.4) is 0 Å². The van der Waals surface area contributed by atoms with Crippen molar-refractivity contribution < 1.29 is 0 Å². The van der Waals surface area contributed by atoms with E-state index in [4.69, 9.17) is 5.26 Å². The Labute approximate surface area is 115 Å². The largest absolute Gasteiger partial charge is 0.361 e. The van der Waals surface area contributed by atoms with Crippen molar-refractivity contribution in [2.75, 3.05) is 0 Å². The predicted octanol–water partition coefficient (Wildman–Crippen LogP) is 5.27. The Kier molecular flexibility index (Phi) is 5.89. The SMILES string of the molecule is CC.CC/C=C(\CC)c1c[nH]c2cc(C#N)ccc12. The second-order valence-corrected chi connectivity index (χ2v) is 4.07. The minimum Gasteiger partial charge on any atom is -0.361 e. The summed E-state index contributed by atoms with van der Waals surface area (Å²) in [5.41, 5.74) is 4.36. The third-order valence-corrected chi connectivity index (χ3v) is 2.99. The summed E-state index contributed by atoms with van der Waals surface area (Å²) in [7, 11) is 0. The summed E-state index contributed by atoms with van der Waals surface area (Å²) >= 11 is 0. The third-order valence-electron chi connectivity index (χ3n) is 2.99. The molecule has 1 aromatic heterocycles. The second kappa shape index (κ2) is 7.43. The number of allylic oxidation sites excluding steroid dienone is 2. The zero-order valence-corrected chi connectivity index (χ0v) is 12.2. The van der Waals surface area contributed by atoms with Gasteiger partial charge in [-0.15, -0.1) is 0 Å². The van der Waals surface area contributed by atoms with Crippen molar-refractivity contribution in [2.24, 2.45) is 0 Å². The highest BCUT2D eigenvalue weighted by Crippen LogP contribution is 2.27. The zero-order chi connectivity index (χ0) is 14.3. The van der Waals surface area contributed by atoms with Gasteiger partial charge in [-0.1, -0.05) is 39.8 Å². The van der Waals surface area contributed by atoms with E-state index in [1.165, 1.54) is 16.5 Å². The van der Waals surface area contributed by atoms with Crippen LogP contribution in [0, 0.1) is 11.3 Å². The smallest absolute Gasteiger partial charge is 0.0992 e. The molecule has 0 amide bonds. The summed E-state index contributed by atoms with van der Waals surface area (Å²) in [4.78, 5) is 3.24. The first-order valence-corrected chi connectivity index (χ1v) is 7.00. The van der Waals surface area contributed by atoms with E-state index in [0.29, 0.717) is 5.56 Å². The van der Waals surface area contributed by atoms with Crippen LogP contribution in [0.4, 0.5) is 0 Å². The van der Waals surface area contributed by atoms with E-state index in [9.17, 15) is 0 Å². The molecule has 2 rings (SSSR count). The molecule has 1 N–H and O–H groups in total. The number of nitrogens with one attached hydrogen (secondary N) is 1. The standard InChI is InChI=1S/C15H16N2.C2H6/c1-3-5-12(4-2)14-10-17-15-8-11(9-16)6-7-13(14)15;1-2/h5-8,10,17H,3-4H2,1-2H3;1-2H3/b12-5+;. The minimum absolute atomic E-state index is 0.698. The lowest BCUT2D eigenvalue weighted by atomic mass is 10.0. The highest BCUT2D eigenvalue weighted by molar-refractivity contribution is 5.93. The fraction of sp³-hybridized carbons (Fsp3) is 0.353. The van der Waals surface area contributed by atoms with Crippen LogP contribution in [-0.2, 0) is 0 Å². The minimum atomic E-state index is 0.698. The predicted molar refractivity (Wildman–Crippen MR) is 82.9 cm³/mol. The van der Waals surface area contributed by atoms with Gasteiger partial charge in [0.2, 0.25) is 0 Å². The van der Waals surface area contributed by atoms with Crippen molar-refractivity contribution in [1.29, 1.82) is 5.26 Å². The normalized spacial score (nSPS) is 10.8. The molecule has 0 fully saturated rings. The summed E-state index contributed by atoms with van der Waals surface area (Å²) < 4.78 is 0. The van der Waals surface area contributed by atoms with Crippen LogP contribution in [0.5, 0.6) is 0 Å². The van der Waals surface area contributed by atoms with Gasteiger partial charge in [-0.25, -0.2) is 0 Å². The Balaban J connectivity index is 0.000000861. The van der Waals surface area contributed by atoms with Crippen LogP contribution in [0.15, 0.2) is 30.5 Å². The number of aromatic amines is 1.